The largest absolute Gasteiger partial charge is 0.472 e. The number of rotatable bonds is 9. The summed E-state index contributed by atoms with van der Waals surface area (Å²) in [6.45, 7) is 8.85. The average molecular weight is 512 g/mol. The molecule has 2 N–H and O–H groups in total. The van der Waals surface area contributed by atoms with Gasteiger partial charge in [-0.1, -0.05) is 0 Å². The molecule has 3 heterocycles. The van der Waals surface area contributed by atoms with Gasteiger partial charge in [-0.05, 0) is 44.2 Å². The molecule has 1 aromatic heterocycles. The van der Waals surface area contributed by atoms with Crippen LogP contribution in [0.25, 0.3) is 0 Å². The van der Waals surface area contributed by atoms with Gasteiger partial charge in [-0.15, -0.1) is 0 Å². The van der Waals surface area contributed by atoms with Crippen LogP contribution in [0, 0.1) is 5.41 Å². The van der Waals surface area contributed by atoms with E-state index in [0.29, 0.717) is 42.9 Å². The molecule has 2 aromatic rings. The first-order valence-electron chi connectivity index (χ1n) is 12.4. The number of cyclic esters (lactones) is 1. The second-order valence-corrected chi connectivity index (χ2v) is 9.44. The average Bonchev–Trinajstić information content (AvgIpc) is 3.53. The van der Waals surface area contributed by atoms with E-state index >= 15 is 0 Å². The lowest BCUT2D eigenvalue weighted by Gasteiger charge is -2.35. The minimum atomic E-state index is -0.428. The van der Waals surface area contributed by atoms with Crippen LogP contribution >= 0.6 is 0 Å². The predicted octanol–water partition coefficient (Wildman–Crippen LogP) is 2.32. The van der Waals surface area contributed by atoms with Gasteiger partial charge in [0.25, 0.3) is 5.91 Å². The third-order valence-electron chi connectivity index (χ3n) is 6.29. The Bertz CT molecular complexity index is 1090. The quantitative estimate of drug-likeness (QED) is 0.298. The Hall–Kier alpha value is -3.70. The van der Waals surface area contributed by atoms with Gasteiger partial charge >= 0.3 is 12.1 Å². The first kappa shape index (κ1) is 26.4. The number of carbonyl (C=O) groups is 3. The number of carbonyl (C=O) groups excluding carboxylic acids is 3. The molecule has 198 valence electrons. The SMILES string of the molecule is CC(C)OC(=O)CCN1CCN(CC2CN(c3ccc(C(=N)NC(=O)c4ccoc4)cc3)C(=O)O2)CC1. The minimum Gasteiger partial charge on any atom is -0.472 e. The van der Waals surface area contributed by atoms with Crippen molar-refractivity contribution in [3.8, 4) is 0 Å². The normalized spacial score (nSPS) is 18.6. The number of ether oxygens (including phenoxy) is 2. The lowest BCUT2D eigenvalue weighted by Crippen LogP contribution is -2.49. The van der Waals surface area contributed by atoms with Gasteiger partial charge in [0.05, 0.1) is 30.9 Å². The van der Waals surface area contributed by atoms with E-state index in [1.165, 1.54) is 18.6 Å². The molecule has 37 heavy (non-hydrogen) atoms. The van der Waals surface area contributed by atoms with Crippen LogP contribution in [0.5, 0.6) is 0 Å². The van der Waals surface area contributed by atoms with Crippen molar-refractivity contribution in [1.82, 2.24) is 15.1 Å². The maximum Gasteiger partial charge on any atom is 0.414 e. The summed E-state index contributed by atoms with van der Waals surface area (Å²) in [7, 11) is 0. The zero-order valence-electron chi connectivity index (χ0n) is 21.1. The Morgan fingerprint density at radius 3 is 2.43 bits per heavy atom. The number of esters is 1. The van der Waals surface area contributed by atoms with Gasteiger partial charge in [0.1, 0.15) is 18.2 Å². The van der Waals surface area contributed by atoms with E-state index in [9.17, 15) is 14.4 Å². The summed E-state index contributed by atoms with van der Waals surface area (Å²) in [5, 5.41) is 10.7. The summed E-state index contributed by atoms with van der Waals surface area (Å²) in [6, 6.07) is 8.36. The van der Waals surface area contributed by atoms with Crippen LogP contribution in [-0.4, -0.2) is 91.6 Å². The molecule has 0 bridgehead atoms. The third-order valence-corrected chi connectivity index (χ3v) is 6.29. The van der Waals surface area contributed by atoms with E-state index < -0.39 is 12.0 Å². The highest BCUT2D eigenvalue weighted by atomic mass is 16.6. The number of amides is 2. The maximum absolute atomic E-state index is 12.5. The zero-order chi connectivity index (χ0) is 26.4. The van der Waals surface area contributed by atoms with Crippen LogP contribution in [-0.2, 0) is 14.3 Å². The Morgan fingerprint density at radius 1 is 1.08 bits per heavy atom. The van der Waals surface area contributed by atoms with Crippen LogP contribution < -0.4 is 10.2 Å². The number of piperazine rings is 1. The van der Waals surface area contributed by atoms with Crippen LogP contribution in [0.4, 0.5) is 10.5 Å². The molecular weight excluding hydrogens is 478 g/mol. The predicted molar refractivity (Wildman–Crippen MR) is 136 cm³/mol. The molecule has 2 aliphatic rings. The number of amidine groups is 1. The topological polar surface area (TPSA) is 128 Å². The van der Waals surface area contributed by atoms with Gasteiger partial charge in [0.2, 0.25) is 0 Å². The summed E-state index contributed by atoms with van der Waals surface area (Å²) in [6.07, 6.45) is 2.36. The molecule has 1 unspecified atom stereocenters. The van der Waals surface area contributed by atoms with E-state index in [1.807, 2.05) is 13.8 Å². The highest BCUT2D eigenvalue weighted by molar-refractivity contribution is 6.11. The van der Waals surface area contributed by atoms with Crippen molar-refractivity contribution in [3.63, 3.8) is 0 Å². The summed E-state index contributed by atoms with van der Waals surface area (Å²) < 4.78 is 15.7. The van der Waals surface area contributed by atoms with Gasteiger partial charge in [0.15, 0.2) is 0 Å². The highest BCUT2D eigenvalue weighted by Gasteiger charge is 2.34. The Kier molecular flexibility index (Phi) is 8.57. The summed E-state index contributed by atoms with van der Waals surface area (Å²) in [5.41, 5.74) is 1.52. The molecule has 1 aromatic carbocycles. The van der Waals surface area contributed by atoms with Crippen molar-refractivity contribution >= 4 is 29.5 Å². The minimum absolute atomic E-state index is 0.0458. The summed E-state index contributed by atoms with van der Waals surface area (Å²) in [4.78, 5) is 42.5. The third kappa shape index (κ3) is 7.17. The first-order valence-corrected chi connectivity index (χ1v) is 12.4. The molecule has 2 fully saturated rings. The van der Waals surface area contributed by atoms with Crippen molar-refractivity contribution in [2.24, 2.45) is 0 Å². The van der Waals surface area contributed by atoms with E-state index in [1.54, 1.807) is 29.2 Å². The molecule has 0 saturated carbocycles. The Morgan fingerprint density at radius 2 is 1.78 bits per heavy atom. The van der Waals surface area contributed by atoms with Crippen LogP contribution in [0.3, 0.4) is 0 Å². The van der Waals surface area contributed by atoms with Gasteiger partial charge in [-0.25, -0.2) is 4.79 Å². The summed E-state index contributed by atoms with van der Waals surface area (Å²) >= 11 is 0. The second kappa shape index (κ2) is 12.0. The molecular formula is C26H33N5O6. The molecule has 11 heteroatoms. The smallest absolute Gasteiger partial charge is 0.414 e. The van der Waals surface area contributed by atoms with E-state index in [0.717, 1.165) is 26.2 Å². The Balaban J connectivity index is 1.22. The fraction of sp³-hybridized carbons (Fsp3) is 0.462. The molecule has 11 nitrogen and oxygen atoms in total. The number of hydrogen-bond donors (Lipinski definition) is 2. The van der Waals surface area contributed by atoms with Crippen LogP contribution in [0.15, 0.2) is 47.3 Å². The summed E-state index contributed by atoms with van der Waals surface area (Å²) in [5.74, 6) is -0.641. The van der Waals surface area contributed by atoms with Crippen LogP contribution in [0.2, 0.25) is 0 Å². The van der Waals surface area contributed by atoms with Crippen molar-refractivity contribution in [2.75, 3.05) is 50.7 Å². The lowest BCUT2D eigenvalue weighted by molar-refractivity contribution is -0.147. The molecule has 1 atom stereocenters. The van der Waals surface area contributed by atoms with Gasteiger partial charge in [-0.2, -0.15) is 0 Å². The van der Waals surface area contributed by atoms with E-state index in [4.69, 9.17) is 19.3 Å². The zero-order valence-corrected chi connectivity index (χ0v) is 21.1. The van der Waals surface area contributed by atoms with Crippen molar-refractivity contribution in [3.05, 3.63) is 54.0 Å². The Labute approximate surface area is 215 Å². The molecule has 4 rings (SSSR count). The van der Waals surface area contributed by atoms with E-state index in [-0.39, 0.29) is 24.0 Å². The standard InChI is InChI=1S/C26H33N5O6/c1-18(2)36-23(32)7-9-29-10-12-30(13-11-29)15-22-16-31(26(34)37-22)21-5-3-19(4-6-21)24(27)28-25(33)20-8-14-35-17-20/h3-6,8,14,17-18,22H,7,9-13,15-16H2,1-2H3,(H2,27,28,33). The number of nitrogens with zero attached hydrogens (tertiary/aromatic N) is 3. The number of nitrogens with one attached hydrogen (secondary N) is 2. The second-order valence-electron chi connectivity index (χ2n) is 9.44. The van der Waals surface area contributed by atoms with Crippen molar-refractivity contribution < 1.29 is 28.3 Å². The number of hydrogen-bond acceptors (Lipinski definition) is 9. The fourth-order valence-electron chi connectivity index (χ4n) is 4.34. The molecule has 0 spiro atoms. The van der Waals surface area contributed by atoms with Gasteiger partial charge < -0.3 is 24.1 Å². The van der Waals surface area contributed by atoms with Gasteiger partial charge in [-0.3, -0.25) is 24.8 Å². The number of furan rings is 1. The lowest BCUT2D eigenvalue weighted by atomic mass is 10.1. The molecule has 0 radical (unpaired) electrons. The maximum atomic E-state index is 12.5. The number of benzene rings is 1. The van der Waals surface area contributed by atoms with Crippen molar-refractivity contribution in [1.29, 1.82) is 5.41 Å². The fourth-order valence-corrected chi connectivity index (χ4v) is 4.34. The molecule has 2 amide bonds. The first-order chi connectivity index (χ1) is 17.8. The molecule has 2 aliphatic heterocycles. The monoisotopic (exact) mass is 511 g/mol. The highest BCUT2D eigenvalue weighted by Crippen LogP contribution is 2.23. The molecule has 2 saturated heterocycles. The van der Waals surface area contributed by atoms with Crippen LogP contribution in [0.1, 0.15) is 36.2 Å². The number of anilines is 1. The van der Waals surface area contributed by atoms with Crippen molar-refractivity contribution in [2.45, 2.75) is 32.5 Å². The molecule has 0 aliphatic carbocycles. The van der Waals surface area contributed by atoms with E-state index in [2.05, 4.69) is 15.1 Å². The van der Waals surface area contributed by atoms with Gasteiger partial charge in [0, 0.05) is 50.5 Å².